The predicted octanol–water partition coefficient (Wildman–Crippen LogP) is 0.802. The Hall–Kier alpha value is -0.910. The molecule has 1 fully saturated rings. The van der Waals surface area contributed by atoms with Gasteiger partial charge in [-0.2, -0.15) is 0 Å². The van der Waals surface area contributed by atoms with Crippen molar-refractivity contribution < 1.29 is 4.79 Å². The topological polar surface area (TPSA) is 66.9 Å². The van der Waals surface area contributed by atoms with Crippen LogP contribution in [0.2, 0.25) is 0 Å². The van der Waals surface area contributed by atoms with Gasteiger partial charge in [-0.25, -0.2) is 4.98 Å². The number of carbonyl (C=O) groups is 1. The molecule has 96 valence electrons. The van der Waals surface area contributed by atoms with Crippen molar-refractivity contribution in [3.8, 4) is 0 Å². The second-order valence-electron chi connectivity index (χ2n) is 3.61. The van der Waals surface area contributed by atoms with E-state index in [0.717, 1.165) is 25.9 Å². The molecule has 1 aliphatic heterocycles. The molecular formula is C10H16Cl2N4O. The maximum Gasteiger partial charge on any atom is 0.271 e. The third-order valence-corrected chi connectivity index (χ3v) is 2.43. The second kappa shape index (κ2) is 8.22. The summed E-state index contributed by atoms with van der Waals surface area (Å²) in [6.45, 7) is 1.88. The average Bonchev–Trinajstić information content (AvgIpc) is 2.31. The van der Waals surface area contributed by atoms with E-state index >= 15 is 0 Å². The molecule has 1 aliphatic rings. The van der Waals surface area contributed by atoms with Crippen LogP contribution in [0.15, 0.2) is 18.6 Å². The molecule has 0 aromatic carbocycles. The third kappa shape index (κ3) is 4.85. The highest BCUT2D eigenvalue weighted by Gasteiger charge is 2.16. The number of hydrogen-bond acceptors (Lipinski definition) is 4. The van der Waals surface area contributed by atoms with Gasteiger partial charge in [0, 0.05) is 25.0 Å². The third-order valence-electron chi connectivity index (χ3n) is 2.43. The van der Waals surface area contributed by atoms with E-state index in [1.165, 1.54) is 12.4 Å². The monoisotopic (exact) mass is 278 g/mol. The van der Waals surface area contributed by atoms with Crippen molar-refractivity contribution in [2.75, 3.05) is 13.1 Å². The molecule has 2 rings (SSSR count). The lowest BCUT2D eigenvalue weighted by atomic mass is 10.1. The van der Waals surface area contributed by atoms with E-state index in [2.05, 4.69) is 20.6 Å². The Balaban J connectivity index is 0.00000128. The SMILES string of the molecule is Cl.Cl.O=C(N[C@H]1CCCNC1)c1cnccn1. The van der Waals surface area contributed by atoms with E-state index in [0.29, 0.717) is 5.69 Å². The fourth-order valence-corrected chi connectivity index (χ4v) is 1.65. The number of aromatic nitrogens is 2. The summed E-state index contributed by atoms with van der Waals surface area (Å²) in [7, 11) is 0. The Morgan fingerprint density at radius 3 is 2.82 bits per heavy atom. The van der Waals surface area contributed by atoms with Gasteiger partial charge < -0.3 is 10.6 Å². The number of amides is 1. The molecule has 0 unspecified atom stereocenters. The molecule has 1 atom stereocenters. The first-order chi connectivity index (χ1) is 7.36. The van der Waals surface area contributed by atoms with Crippen LogP contribution in [0.1, 0.15) is 23.3 Å². The van der Waals surface area contributed by atoms with Gasteiger partial charge in [0.15, 0.2) is 0 Å². The molecule has 17 heavy (non-hydrogen) atoms. The molecule has 0 spiro atoms. The molecule has 2 heterocycles. The number of nitrogens with zero attached hydrogens (tertiary/aromatic N) is 2. The van der Waals surface area contributed by atoms with E-state index < -0.39 is 0 Å². The van der Waals surface area contributed by atoms with Crippen LogP contribution >= 0.6 is 24.8 Å². The molecule has 0 bridgehead atoms. The summed E-state index contributed by atoms with van der Waals surface area (Å²) in [5, 5.41) is 6.17. The average molecular weight is 279 g/mol. The van der Waals surface area contributed by atoms with Gasteiger partial charge in [-0.15, -0.1) is 24.8 Å². The summed E-state index contributed by atoms with van der Waals surface area (Å²) in [4.78, 5) is 19.5. The molecule has 0 aliphatic carbocycles. The Labute approximate surface area is 113 Å². The zero-order valence-corrected chi connectivity index (χ0v) is 10.9. The zero-order chi connectivity index (χ0) is 10.5. The van der Waals surface area contributed by atoms with Crippen LogP contribution in [0.4, 0.5) is 0 Å². The van der Waals surface area contributed by atoms with Gasteiger partial charge in [0.25, 0.3) is 5.91 Å². The standard InChI is InChI=1S/C10H14N4O.2ClH/c15-10(9-7-12-4-5-13-9)14-8-2-1-3-11-6-8;;/h4-5,7-8,11H,1-3,6H2,(H,14,15);2*1H/t8-;;/m0../s1. The van der Waals surface area contributed by atoms with Gasteiger partial charge in [-0.1, -0.05) is 0 Å². The molecular weight excluding hydrogens is 263 g/mol. The minimum atomic E-state index is -0.142. The quantitative estimate of drug-likeness (QED) is 0.840. The van der Waals surface area contributed by atoms with Crippen molar-refractivity contribution in [1.82, 2.24) is 20.6 Å². The summed E-state index contributed by atoms with van der Waals surface area (Å²) >= 11 is 0. The number of carbonyl (C=O) groups excluding carboxylic acids is 1. The van der Waals surface area contributed by atoms with Gasteiger partial charge in [-0.05, 0) is 19.4 Å². The first kappa shape index (κ1) is 16.1. The molecule has 2 N–H and O–H groups in total. The number of rotatable bonds is 2. The maximum absolute atomic E-state index is 11.7. The smallest absolute Gasteiger partial charge is 0.271 e. The van der Waals surface area contributed by atoms with Crippen LogP contribution < -0.4 is 10.6 Å². The van der Waals surface area contributed by atoms with Crippen molar-refractivity contribution in [1.29, 1.82) is 0 Å². The normalized spacial score (nSPS) is 18.5. The van der Waals surface area contributed by atoms with Crippen LogP contribution in [0, 0.1) is 0 Å². The molecule has 5 nitrogen and oxygen atoms in total. The van der Waals surface area contributed by atoms with Gasteiger partial charge in [-0.3, -0.25) is 9.78 Å². The second-order valence-corrected chi connectivity index (χ2v) is 3.61. The largest absolute Gasteiger partial charge is 0.347 e. The fourth-order valence-electron chi connectivity index (χ4n) is 1.65. The summed E-state index contributed by atoms with van der Waals surface area (Å²) in [6, 6.07) is 0.216. The van der Waals surface area contributed by atoms with Crippen molar-refractivity contribution in [3.05, 3.63) is 24.3 Å². The van der Waals surface area contributed by atoms with Gasteiger partial charge in [0.2, 0.25) is 0 Å². The minimum Gasteiger partial charge on any atom is -0.347 e. The summed E-state index contributed by atoms with van der Waals surface area (Å²) in [6.07, 6.45) is 6.68. The van der Waals surface area contributed by atoms with Crippen molar-refractivity contribution in [2.24, 2.45) is 0 Å². The number of piperidine rings is 1. The van der Waals surface area contributed by atoms with E-state index in [1.807, 2.05) is 0 Å². The van der Waals surface area contributed by atoms with Crippen molar-refractivity contribution >= 4 is 30.7 Å². The van der Waals surface area contributed by atoms with Crippen LogP contribution in [0.5, 0.6) is 0 Å². The molecule has 1 aromatic heterocycles. The Morgan fingerprint density at radius 1 is 1.41 bits per heavy atom. The maximum atomic E-state index is 11.7. The van der Waals surface area contributed by atoms with Crippen LogP contribution in [0.3, 0.4) is 0 Å². The lowest BCUT2D eigenvalue weighted by Gasteiger charge is -2.23. The van der Waals surface area contributed by atoms with Crippen molar-refractivity contribution in [2.45, 2.75) is 18.9 Å². The first-order valence-electron chi connectivity index (χ1n) is 5.14. The number of hydrogen-bond donors (Lipinski definition) is 2. The lowest BCUT2D eigenvalue weighted by molar-refractivity contribution is 0.0925. The van der Waals surface area contributed by atoms with E-state index in [4.69, 9.17) is 0 Å². The molecule has 1 aromatic rings. The molecule has 1 saturated heterocycles. The number of halogens is 2. The van der Waals surface area contributed by atoms with Crippen LogP contribution in [-0.4, -0.2) is 35.0 Å². The predicted molar refractivity (Wildman–Crippen MR) is 69.9 cm³/mol. The Morgan fingerprint density at radius 2 is 2.24 bits per heavy atom. The van der Waals surface area contributed by atoms with Crippen molar-refractivity contribution in [3.63, 3.8) is 0 Å². The van der Waals surface area contributed by atoms with Gasteiger partial charge in [0.05, 0.1) is 6.20 Å². The van der Waals surface area contributed by atoms with Gasteiger partial charge >= 0.3 is 0 Å². The van der Waals surface area contributed by atoms with E-state index in [9.17, 15) is 4.79 Å². The summed E-state index contributed by atoms with van der Waals surface area (Å²) in [5.74, 6) is -0.142. The summed E-state index contributed by atoms with van der Waals surface area (Å²) < 4.78 is 0. The van der Waals surface area contributed by atoms with Crippen LogP contribution in [-0.2, 0) is 0 Å². The number of nitrogens with one attached hydrogen (secondary N) is 2. The van der Waals surface area contributed by atoms with Gasteiger partial charge in [0.1, 0.15) is 5.69 Å². The highest BCUT2D eigenvalue weighted by Crippen LogP contribution is 2.02. The molecule has 1 amide bonds. The molecule has 0 radical (unpaired) electrons. The Bertz CT molecular complexity index is 330. The fraction of sp³-hybridized carbons (Fsp3) is 0.500. The first-order valence-corrected chi connectivity index (χ1v) is 5.14. The molecule has 7 heteroatoms. The van der Waals surface area contributed by atoms with E-state index in [-0.39, 0.29) is 36.8 Å². The zero-order valence-electron chi connectivity index (χ0n) is 9.26. The van der Waals surface area contributed by atoms with E-state index in [1.54, 1.807) is 6.20 Å². The minimum absolute atomic E-state index is 0. The highest BCUT2D eigenvalue weighted by atomic mass is 35.5. The highest BCUT2D eigenvalue weighted by molar-refractivity contribution is 5.92. The lowest BCUT2D eigenvalue weighted by Crippen LogP contribution is -2.45. The molecule has 0 saturated carbocycles. The summed E-state index contributed by atoms with van der Waals surface area (Å²) in [5.41, 5.74) is 0.378. The van der Waals surface area contributed by atoms with Crippen LogP contribution in [0.25, 0.3) is 0 Å². The Kier molecular flexibility index (Phi) is 7.78.